The SMILES string of the molecule is CC(=O)c1ccc(C2CCC(C(=O)O)CC2)cc1. The van der Waals surface area contributed by atoms with E-state index in [2.05, 4.69) is 0 Å². The van der Waals surface area contributed by atoms with Crippen molar-refractivity contribution in [3.63, 3.8) is 0 Å². The van der Waals surface area contributed by atoms with Crippen molar-refractivity contribution in [3.8, 4) is 0 Å². The van der Waals surface area contributed by atoms with Crippen LogP contribution in [0.4, 0.5) is 0 Å². The van der Waals surface area contributed by atoms with E-state index >= 15 is 0 Å². The van der Waals surface area contributed by atoms with Crippen molar-refractivity contribution < 1.29 is 14.7 Å². The number of ketones is 1. The maximum Gasteiger partial charge on any atom is 0.306 e. The fourth-order valence-electron chi connectivity index (χ4n) is 2.66. The van der Waals surface area contributed by atoms with Crippen molar-refractivity contribution in [3.05, 3.63) is 35.4 Å². The van der Waals surface area contributed by atoms with Crippen LogP contribution >= 0.6 is 0 Å². The van der Waals surface area contributed by atoms with Gasteiger partial charge in [-0.15, -0.1) is 0 Å². The van der Waals surface area contributed by atoms with Crippen LogP contribution in [0.5, 0.6) is 0 Å². The van der Waals surface area contributed by atoms with Gasteiger partial charge in [-0.05, 0) is 44.1 Å². The van der Waals surface area contributed by atoms with Gasteiger partial charge in [0.05, 0.1) is 5.92 Å². The first-order valence-corrected chi connectivity index (χ1v) is 6.41. The van der Waals surface area contributed by atoms with Crippen LogP contribution in [-0.4, -0.2) is 16.9 Å². The van der Waals surface area contributed by atoms with E-state index in [-0.39, 0.29) is 11.7 Å². The van der Waals surface area contributed by atoms with Crippen molar-refractivity contribution in [1.82, 2.24) is 0 Å². The van der Waals surface area contributed by atoms with Crippen molar-refractivity contribution in [2.75, 3.05) is 0 Å². The van der Waals surface area contributed by atoms with Crippen LogP contribution in [0, 0.1) is 5.92 Å². The molecule has 96 valence electrons. The smallest absolute Gasteiger partial charge is 0.306 e. The maximum atomic E-state index is 11.2. The van der Waals surface area contributed by atoms with Gasteiger partial charge in [0.15, 0.2) is 5.78 Å². The number of carboxylic acid groups (broad SMARTS) is 1. The molecule has 0 bridgehead atoms. The van der Waals surface area contributed by atoms with Crippen LogP contribution in [0.3, 0.4) is 0 Å². The van der Waals surface area contributed by atoms with Crippen molar-refractivity contribution in [1.29, 1.82) is 0 Å². The molecule has 1 aliphatic carbocycles. The molecule has 1 saturated carbocycles. The summed E-state index contributed by atoms with van der Waals surface area (Å²) in [4.78, 5) is 22.1. The Labute approximate surface area is 107 Å². The van der Waals surface area contributed by atoms with Crippen molar-refractivity contribution in [2.45, 2.75) is 38.5 Å². The van der Waals surface area contributed by atoms with Gasteiger partial charge in [0, 0.05) is 5.56 Å². The summed E-state index contributed by atoms with van der Waals surface area (Å²) in [6.07, 6.45) is 3.37. The number of aliphatic carboxylic acids is 1. The van der Waals surface area contributed by atoms with E-state index in [0.717, 1.165) is 31.2 Å². The third-order valence-electron chi connectivity index (χ3n) is 3.87. The van der Waals surface area contributed by atoms with Gasteiger partial charge >= 0.3 is 5.97 Å². The van der Waals surface area contributed by atoms with E-state index in [4.69, 9.17) is 5.11 Å². The van der Waals surface area contributed by atoms with Crippen LogP contribution in [0.25, 0.3) is 0 Å². The normalized spacial score (nSPS) is 23.6. The molecule has 0 unspecified atom stereocenters. The average Bonchev–Trinajstić information content (AvgIpc) is 2.39. The van der Waals surface area contributed by atoms with Gasteiger partial charge in [0.1, 0.15) is 0 Å². The largest absolute Gasteiger partial charge is 0.481 e. The second kappa shape index (κ2) is 5.34. The molecule has 0 radical (unpaired) electrons. The summed E-state index contributed by atoms with van der Waals surface area (Å²) in [5, 5.41) is 8.96. The first-order valence-electron chi connectivity index (χ1n) is 6.41. The highest BCUT2D eigenvalue weighted by Gasteiger charge is 2.26. The van der Waals surface area contributed by atoms with E-state index in [9.17, 15) is 9.59 Å². The first kappa shape index (κ1) is 12.8. The average molecular weight is 246 g/mol. The molecule has 1 aromatic carbocycles. The van der Waals surface area contributed by atoms with E-state index in [1.807, 2.05) is 24.3 Å². The van der Waals surface area contributed by atoms with Gasteiger partial charge in [-0.2, -0.15) is 0 Å². The van der Waals surface area contributed by atoms with E-state index in [0.29, 0.717) is 5.92 Å². The van der Waals surface area contributed by atoms with Crippen LogP contribution in [0.15, 0.2) is 24.3 Å². The number of Topliss-reactive ketones (excluding diaryl/α,β-unsaturated/α-hetero) is 1. The molecule has 0 saturated heterocycles. The number of hydrogen-bond donors (Lipinski definition) is 1. The van der Waals surface area contributed by atoms with Gasteiger partial charge in [-0.1, -0.05) is 24.3 Å². The number of carboxylic acids is 1. The monoisotopic (exact) mass is 246 g/mol. The number of carbonyl (C=O) groups excluding carboxylic acids is 1. The Bertz CT molecular complexity index is 439. The highest BCUT2D eigenvalue weighted by molar-refractivity contribution is 5.94. The molecular weight excluding hydrogens is 228 g/mol. The van der Waals surface area contributed by atoms with Crippen LogP contribution < -0.4 is 0 Å². The molecule has 3 nitrogen and oxygen atoms in total. The molecule has 1 fully saturated rings. The molecule has 0 atom stereocenters. The second-order valence-electron chi connectivity index (χ2n) is 5.06. The second-order valence-corrected chi connectivity index (χ2v) is 5.06. The molecule has 2 rings (SSSR count). The Balaban J connectivity index is 2.01. The number of benzene rings is 1. The summed E-state index contributed by atoms with van der Waals surface area (Å²) in [6.45, 7) is 1.56. The minimum atomic E-state index is -0.666. The Morgan fingerprint density at radius 1 is 1.06 bits per heavy atom. The van der Waals surface area contributed by atoms with E-state index < -0.39 is 5.97 Å². The molecule has 0 aromatic heterocycles. The third kappa shape index (κ3) is 2.78. The lowest BCUT2D eigenvalue weighted by molar-refractivity contribution is -0.142. The predicted molar refractivity (Wildman–Crippen MR) is 68.8 cm³/mol. The fourth-order valence-corrected chi connectivity index (χ4v) is 2.66. The van der Waals surface area contributed by atoms with E-state index in [1.54, 1.807) is 6.92 Å². The minimum absolute atomic E-state index is 0.0798. The Kier molecular flexibility index (Phi) is 3.80. The number of carbonyl (C=O) groups is 2. The molecule has 1 aliphatic rings. The zero-order valence-corrected chi connectivity index (χ0v) is 10.6. The molecule has 0 spiro atoms. The van der Waals surface area contributed by atoms with Gasteiger partial charge in [-0.3, -0.25) is 9.59 Å². The molecule has 3 heteroatoms. The lowest BCUT2D eigenvalue weighted by Gasteiger charge is -2.26. The van der Waals surface area contributed by atoms with Crippen LogP contribution in [0.2, 0.25) is 0 Å². The predicted octanol–water partition coefficient (Wildman–Crippen LogP) is 3.25. The molecule has 18 heavy (non-hydrogen) atoms. The standard InChI is InChI=1S/C15H18O3/c1-10(16)11-2-4-12(5-3-11)13-6-8-14(9-7-13)15(17)18/h2-5,13-14H,6-9H2,1H3,(H,17,18). The molecule has 0 heterocycles. The topological polar surface area (TPSA) is 54.4 Å². The molecule has 0 amide bonds. The summed E-state index contributed by atoms with van der Waals surface area (Å²) in [7, 11) is 0. The zero-order valence-electron chi connectivity index (χ0n) is 10.6. The lowest BCUT2D eigenvalue weighted by atomic mass is 9.78. The van der Waals surface area contributed by atoms with Crippen molar-refractivity contribution in [2.24, 2.45) is 5.92 Å². The van der Waals surface area contributed by atoms with Gasteiger partial charge < -0.3 is 5.11 Å². The number of hydrogen-bond acceptors (Lipinski definition) is 2. The minimum Gasteiger partial charge on any atom is -0.481 e. The summed E-state index contributed by atoms with van der Waals surface area (Å²) in [6, 6.07) is 7.73. The van der Waals surface area contributed by atoms with Crippen molar-refractivity contribution >= 4 is 11.8 Å². The Morgan fingerprint density at radius 3 is 2.06 bits per heavy atom. The summed E-state index contributed by atoms with van der Waals surface area (Å²) in [5.41, 5.74) is 1.96. The zero-order chi connectivity index (χ0) is 13.1. The summed E-state index contributed by atoms with van der Waals surface area (Å²) < 4.78 is 0. The van der Waals surface area contributed by atoms with Gasteiger partial charge in [0.25, 0.3) is 0 Å². The van der Waals surface area contributed by atoms with Crippen LogP contribution in [0.1, 0.15) is 54.4 Å². The van der Waals surface area contributed by atoms with E-state index in [1.165, 1.54) is 5.56 Å². The molecule has 0 aliphatic heterocycles. The summed E-state index contributed by atoms with van der Waals surface area (Å²) >= 11 is 0. The molecule has 1 aromatic rings. The maximum absolute atomic E-state index is 11.2. The fraction of sp³-hybridized carbons (Fsp3) is 0.467. The number of rotatable bonds is 3. The molecule has 1 N–H and O–H groups in total. The van der Waals surface area contributed by atoms with Crippen LogP contribution in [-0.2, 0) is 4.79 Å². The highest BCUT2D eigenvalue weighted by atomic mass is 16.4. The quantitative estimate of drug-likeness (QED) is 0.833. The Morgan fingerprint density at radius 2 is 1.61 bits per heavy atom. The highest BCUT2D eigenvalue weighted by Crippen LogP contribution is 2.35. The summed E-state index contributed by atoms with van der Waals surface area (Å²) in [5.74, 6) is -0.309. The van der Waals surface area contributed by atoms with Gasteiger partial charge in [0.2, 0.25) is 0 Å². The lowest BCUT2D eigenvalue weighted by Crippen LogP contribution is -2.20. The third-order valence-corrected chi connectivity index (χ3v) is 3.87. The first-order chi connectivity index (χ1) is 8.58. The Hall–Kier alpha value is -1.64. The molecular formula is C15H18O3. The van der Waals surface area contributed by atoms with Gasteiger partial charge in [-0.25, -0.2) is 0 Å².